The number of halogens is 1. The molecule has 2 rings (SSSR count). The second-order valence-electron chi connectivity index (χ2n) is 6.43. The van der Waals surface area contributed by atoms with Crippen LogP contribution in [0, 0.1) is 16.7 Å². The van der Waals surface area contributed by atoms with Crippen molar-refractivity contribution in [3.05, 3.63) is 40.4 Å². The molecule has 1 aromatic carbocycles. The van der Waals surface area contributed by atoms with Gasteiger partial charge in [0, 0.05) is 5.02 Å². The van der Waals surface area contributed by atoms with Crippen molar-refractivity contribution in [3.8, 4) is 11.8 Å². The van der Waals surface area contributed by atoms with Gasteiger partial charge in [0.25, 0.3) is 0 Å². The Bertz CT molecular complexity index is 596. The highest BCUT2D eigenvalue weighted by Crippen LogP contribution is 2.45. The summed E-state index contributed by atoms with van der Waals surface area (Å²) in [6.07, 6.45) is 6.20. The van der Waals surface area contributed by atoms with Crippen LogP contribution in [0.25, 0.3) is 0 Å². The van der Waals surface area contributed by atoms with Crippen molar-refractivity contribution in [1.82, 2.24) is 0 Å². The van der Waals surface area contributed by atoms with E-state index in [1.165, 1.54) is 5.57 Å². The van der Waals surface area contributed by atoms with Crippen LogP contribution < -0.4 is 4.74 Å². The molecule has 1 aliphatic carbocycles. The van der Waals surface area contributed by atoms with Crippen LogP contribution >= 0.6 is 11.6 Å². The summed E-state index contributed by atoms with van der Waals surface area (Å²) in [5, 5.41) is 9.91. The fourth-order valence-corrected chi connectivity index (χ4v) is 2.90. The minimum absolute atomic E-state index is 0.252. The van der Waals surface area contributed by atoms with E-state index < -0.39 is 0 Å². The normalized spacial score (nSPS) is 17.7. The van der Waals surface area contributed by atoms with Crippen molar-refractivity contribution in [1.29, 1.82) is 5.26 Å². The quantitative estimate of drug-likeness (QED) is 0.589. The first-order valence-corrected chi connectivity index (χ1v) is 8.36. The molecule has 1 fully saturated rings. The number of hydrogen-bond acceptors (Lipinski definition) is 2. The Morgan fingerprint density at radius 2 is 2.23 bits per heavy atom. The van der Waals surface area contributed by atoms with Crippen LogP contribution in [0.3, 0.4) is 0 Å². The molecular weight excluding hydrogens is 294 g/mol. The first-order valence-electron chi connectivity index (χ1n) is 7.99. The van der Waals surface area contributed by atoms with Crippen LogP contribution in [0.1, 0.15) is 57.9 Å². The maximum absolute atomic E-state index is 9.18. The molecule has 1 saturated carbocycles. The Balaban J connectivity index is 2.13. The van der Waals surface area contributed by atoms with Crippen LogP contribution in [0.5, 0.6) is 5.75 Å². The fraction of sp³-hybridized carbons (Fsp3) is 0.526. The number of ether oxygens (including phenoxy) is 1. The third-order valence-corrected chi connectivity index (χ3v) is 4.51. The summed E-state index contributed by atoms with van der Waals surface area (Å²) in [6, 6.07) is 8.15. The number of allylic oxidation sites excluding steroid dienone is 2. The van der Waals surface area contributed by atoms with Crippen molar-refractivity contribution in [2.75, 3.05) is 6.61 Å². The number of nitriles is 1. The van der Waals surface area contributed by atoms with E-state index in [1.54, 1.807) is 0 Å². The molecule has 0 saturated heterocycles. The lowest BCUT2D eigenvalue weighted by Crippen LogP contribution is -2.12. The zero-order chi connectivity index (χ0) is 16.2. The molecule has 1 atom stereocenters. The van der Waals surface area contributed by atoms with Crippen molar-refractivity contribution < 1.29 is 4.74 Å². The minimum Gasteiger partial charge on any atom is -0.492 e. The molecule has 0 heterocycles. The van der Waals surface area contributed by atoms with Crippen molar-refractivity contribution >= 4 is 11.6 Å². The van der Waals surface area contributed by atoms with Gasteiger partial charge >= 0.3 is 0 Å². The molecule has 1 aliphatic rings. The summed E-state index contributed by atoms with van der Waals surface area (Å²) < 4.78 is 5.97. The molecule has 0 radical (unpaired) electrons. The van der Waals surface area contributed by atoms with Gasteiger partial charge in [-0.05, 0) is 62.3 Å². The van der Waals surface area contributed by atoms with Gasteiger partial charge in [-0.1, -0.05) is 37.1 Å². The maximum atomic E-state index is 9.18. The van der Waals surface area contributed by atoms with Crippen molar-refractivity contribution in [2.45, 2.75) is 52.4 Å². The summed E-state index contributed by atoms with van der Waals surface area (Å²) >= 11 is 6.17. The molecule has 118 valence electrons. The Labute approximate surface area is 138 Å². The molecule has 0 aliphatic heterocycles. The molecule has 3 heteroatoms. The molecule has 0 spiro atoms. The van der Waals surface area contributed by atoms with E-state index in [0.717, 1.165) is 42.0 Å². The summed E-state index contributed by atoms with van der Waals surface area (Å²) in [4.78, 5) is 0. The van der Waals surface area contributed by atoms with E-state index in [-0.39, 0.29) is 5.41 Å². The van der Waals surface area contributed by atoms with Gasteiger partial charge in [0.15, 0.2) is 0 Å². The highest BCUT2D eigenvalue weighted by molar-refractivity contribution is 6.30. The van der Waals surface area contributed by atoms with Crippen LogP contribution in [-0.4, -0.2) is 6.61 Å². The van der Waals surface area contributed by atoms with Crippen LogP contribution in [0.4, 0.5) is 0 Å². The fourth-order valence-electron chi connectivity index (χ4n) is 2.72. The predicted molar refractivity (Wildman–Crippen MR) is 91.3 cm³/mol. The summed E-state index contributed by atoms with van der Waals surface area (Å²) in [5.41, 5.74) is 2.26. The third kappa shape index (κ3) is 4.27. The van der Waals surface area contributed by atoms with Crippen LogP contribution in [0.2, 0.25) is 5.02 Å². The molecule has 0 amide bonds. The van der Waals surface area contributed by atoms with E-state index in [1.807, 2.05) is 18.2 Å². The lowest BCUT2D eigenvalue weighted by molar-refractivity contribution is 0.265. The van der Waals surface area contributed by atoms with E-state index >= 15 is 0 Å². The van der Waals surface area contributed by atoms with E-state index in [4.69, 9.17) is 16.3 Å². The van der Waals surface area contributed by atoms with Crippen LogP contribution in [0.15, 0.2) is 29.8 Å². The van der Waals surface area contributed by atoms with Crippen molar-refractivity contribution in [3.63, 3.8) is 0 Å². The molecule has 2 nitrogen and oxygen atoms in total. The van der Waals surface area contributed by atoms with Gasteiger partial charge in [0.05, 0.1) is 11.5 Å². The SMILES string of the molecule is CC/C=C(/C)CC(C)c1cc(Cl)ccc1OCC1(C#N)CC1. The molecule has 1 aromatic rings. The van der Waals surface area contributed by atoms with E-state index in [2.05, 4.69) is 32.9 Å². The minimum atomic E-state index is -0.252. The maximum Gasteiger partial charge on any atom is 0.122 e. The molecule has 0 aromatic heterocycles. The Morgan fingerprint density at radius 1 is 1.50 bits per heavy atom. The smallest absolute Gasteiger partial charge is 0.122 e. The lowest BCUT2D eigenvalue weighted by atomic mass is 9.93. The average molecular weight is 318 g/mol. The summed E-state index contributed by atoms with van der Waals surface area (Å²) in [7, 11) is 0. The zero-order valence-electron chi connectivity index (χ0n) is 13.7. The lowest BCUT2D eigenvalue weighted by Gasteiger charge is -2.19. The van der Waals surface area contributed by atoms with E-state index in [9.17, 15) is 5.26 Å². The van der Waals surface area contributed by atoms with E-state index in [0.29, 0.717) is 12.5 Å². The predicted octanol–water partition coefficient (Wildman–Crippen LogP) is 5.87. The monoisotopic (exact) mass is 317 g/mol. The number of nitrogens with zero attached hydrogens (tertiary/aromatic N) is 1. The summed E-state index contributed by atoms with van der Waals surface area (Å²) in [5.74, 6) is 1.21. The molecule has 0 N–H and O–H groups in total. The standard InChI is InChI=1S/C19H24ClNO/c1-4-5-14(2)10-15(3)17-11-16(20)6-7-18(17)22-13-19(12-21)8-9-19/h5-7,11,15H,4,8-10,13H2,1-3H3/b14-5-. The highest BCUT2D eigenvalue weighted by Gasteiger charge is 2.44. The molecule has 22 heavy (non-hydrogen) atoms. The summed E-state index contributed by atoms with van der Waals surface area (Å²) in [6.45, 7) is 7.00. The topological polar surface area (TPSA) is 33.0 Å². The van der Waals surface area contributed by atoms with Crippen molar-refractivity contribution in [2.24, 2.45) is 5.41 Å². The van der Waals surface area contributed by atoms with Gasteiger partial charge in [0.1, 0.15) is 12.4 Å². The molecule has 0 bridgehead atoms. The molecule has 1 unspecified atom stereocenters. The largest absolute Gasteiger partial charge is 0.492 e. The first kappa shape index (κ1) is 16.9. The Kier molecular flexibility index (Phi) is 5.53. The second-order valence-corrected chi connectivity index (χ2v) is 6.86. The van der Waals surface area contributed by atoms with Gasteiger partial charge in [-0.2, -0.15) is 5.26 Å². The molecular formula is C19H24ClNO. The Hall–Kier alpha value is -1.46. The Morgan fingerprint density at radius 3 is 2.82 bits per heavy atom. The third-order valence-electron chi connectivity index (χ3n) is 4.28. The number of hydrogen-bond donors (Lipinski definition) is 0. The van der Waals surface area contributed by atoms with Gasteiger partial charge < -0.3 is 4.74 Å². The number of benzene rings is 1. The number of rotatable bonds is 7. The van der Waals surface area contributed by atoms with Gasteiger partial charge in [-0.25, -0.2) is 0 Å². The highest BCUT2D eigenvalue weighted by atomic mass is 35.5. The van der Waals surface area contributed by atoms with Crippen LogP contribution in [-0.2, 0) is 0 Å². The zero-order valence-corrected chi connectivity index (χ0v) is 14.4. The average Bonchev–Trinajstić information content (AvgIpc) is 3.26. The van der Waals surface area contributed by atoms with Gasteiger partial charge in [-0.15, -0.1) is 0 Å². The van der Waals surface area contributed by atoms with Gasteiger partial charge in [0.2, 0.25) is 0 Å². The van der Waals surface area contributed by atoms with Gasteiger partial charge in [-0.3, -0.25) is 0 Å². The second kappa shape index (κ2) is 7.20. The first-order chi connectivity index (χ1) is 10.5.